The molecule has 2 heterocycles. The van der Waals surface area contributed by atoms with Gasteiger partial charge in [0.25, 0.3) is 0 Å². The van der Waals surface area contributed by atoms with E-state index in [4.69, 9.17) is 9.47 Å². The van der Waals surface area contributed by atoms with E-state index in [9.17, 15) is 21.9 Å². The summed E-state index contributed by atoms with van der Waals surface area (Å²) >= 11 is 0. The van der Waals surface area contributed by atoms with Gasteiger partial charge in [-0.15, -0.1) is 0 Å². The minimum atomic E-state index is -3.58. The SMILES string of the molecule is CNS(=O)(=O)c1cccc(OCC(O)CNC2COC3(CCN(S(=O)(=O)Cc4ccccc4)CC3)C2)c1. The molecular formula is C25H35N3O7S2. The fraction of sp³-hybridized carbons (Fsp3) is 0.520. The van der Waals surface area contributed by atoms with Crippen molar-refractivity contribution in [2.45, 2.75) is 47.7 Å². The summed E-state index contributed by atoms with van der Waals surface area (Å²) in [5.74, 6) is 0.356. The van der Waals surface area contributed by atoms with E-state index in [1.54, 1.807) is 16.4 Å². The Morgan fingerprint density at radius 3 is 2.54 bits per heavy atom. The van der Waals surface area contributed by atoms with Crippen LogP contribution in [-0.4, -0.2) is 83.9 Å². The molecule has 0 aliphatic carbocycles. The van der Waals surface area contributed by atoms with Gasteiger partial charge in [-0.05, 0) is 44.0 Å². The number of rotatable bonds is 11. The highest BCUT2D eigenvalue weighted by Gasteiger charge is 2.44. The third-order valence-corrected chi connectivity index (χ3v) is 10.2. The van der Waals surface area contributed by atoms with E-state index in [1.165, 1.54) is 19.2 Å². The van der Waals surface area contributed by atoms with Gasteiger partial charge >= 0.3 is 0 Å². The van der Waals surface area contributed by atoms with Crippen molar-refractivity contribution < 1.29 is 31.4 Å². The van der Waals surface area contributed by atoms with Crippen molar-refractivity contribution in [2.24, 2.45) is 0 Å². The zero-order valence-electron chi connectivity index (χ0n) is 20.9. The summed E-state index contributed by atoms with van der Waals surface area (Å²) in [4.78, 5) is 0.0902. The molecular weight excluding hydrogens is 518 g/mol. The van der Waals surface area contributed by atoms with Gasteiger partial charge in [-0.1, -0.05) is 36.4 Å². The molecule has 12 heteroatoms. The molecule has 2 saturated heterocycles. The topological polar surface area (TPSA) is 134 Å². The lowest BCUT2D eigenvalue weighted by Crippen LogP contribution is -2.47. The van der Waals surface area contributed by atoms with Crippen molar-refractivity contribution in [2.75, 3.05) is 39.9 Å². The van der Waals surface area contributed by atoms with Crippen molar-refractivity contribution in [1.82, 2.24) is 14.3 Å². The van der Waals surface area contributed by atoms with Gasteiger partial charge in [-0.25, -0.2) is 25.9 Å². The average molecular weight is 554 g/mol. The summed E-state index contributed by atoms with van der Waals surface area (Å²) in [5, 5.41) is 13.7. The van der Waals surface area contributed by atoms with Gasteiger partial charge in [-0.2, -0.15) is 0 Å². The van der Waals surface area contributed by atoms with E-state index in [2.05, 4.69) is 10.0 Å². The van der Waals surface area contributed by atoms with Crippen LogP contribution in [0.25, 0.3) is 0 Å². The van der Waals surface area contributed by atoms with E-state index in [0.29, 0.717) is 38.3 Å². The number of aliphatic hydroxyl groups is 1. The first kappa shape index (κ1) is 28.0. The molecule has 2 aromatic rings. The van der Waals surface area contributed by atoms with Gasteiger partial charge in [0.1, 0.15) is 18.5 Å². The maximum Gasteiger partial charge on any atom is 0.240 e. The second kappa shape index (κ2) is 11.8. The molecule has 10 nitrogen and oxygen atoms in total. The monoisotopic (exact) mass is 553 g/mol. The fourth-order valence-corrected chi connectivity index (χ4v) is 7.07. The maximum atomic E-state index is 12.8. The number of nitrogens with zero attached hydrogens (tertiary/aromatic N) is 1. The highest BCUT2D eigenvalue weighted by atomic mass is 32.2. The van der Waals surface area contributed by atoms with Crippen LogP contribution in [0.15, 0.2) is 59.5 Å². The molecule has 0 saturated carbocycles. The lowest BCUT2D eigenvalue weighted by atomic mass is 9.88. The number of sulfonamides is 2. The first-order valence-electron chi connectivity index (χ1n) is 12.3. The van der Waals surface area contributed by atoms with Crippen LogP contribution in [-0.2, 0) is 30.5 Å². The molecule has 2 aliphatic heterocycles. The summed E-state index contributed by atoms with van der Waals surface area (Å²) in [7, 11) is -5.62. The molecule has 4 rings (SSSR count). The average Bonchev–Trinajstić information content (AvgIpc) is 3.29. The summed E-state index contributed by atoms with van der Waals surface area (Å²) in [6.07, 6.45) is 1.22. The molecule has 204 valence electrons. The van der Waals surface area contributed by atoms with Crippen LogP contribution < -0.4 is 14.8 Å². The van der Waals surface area contributed by atoms with Crippen LogP contribution in [0.3, 0.4) is 0 Å². The molecule has 3 N–H and O–H groups in total. The maximum absolute atomic E-state index is 12.8. The van der Waals surface area contributed by atoms with Crippen molar-refractivity contribution in [1.29, 1.82) is 0 Å². The Morgan fingerprint density at radius 2 is 1.84 bits per heavy atom. The van der Waals surface area contributed by atoms with Crippen molar-refractivity contribution in [3.8, 4) is 5.75 Å². The van der Waals surface area contributed by atoms with Gasteiger partial charge < -0.3 is 19.9 Å². The third-order valence-electron chi connectivity index (χ3n) is 6.90. The molecule has 37 heavy (non-hydrogen) atoms. The molecule has 0 amide bonds. The summed E-state index contributed by atoms with van der Waals surface area (Å²) < 4.78 is 65.1. The first-order valence-corrected chi connectivity index (χ1v) is 15.4. The predicted octanol–water partition coefficient (Wildman–Crippen LogP) is 1.08. The Morgan fingerprint density at radius 1 is 1.11 bits per heavy atom. The Labute approximate surface area is 219 Å². The number of benzene rings is 2. The fourth-order valence-electron chi connectivity index (χ4n) is 4.77. The van der Waals surface area contributed by atoms with E-state index >= 15 is 0 Å². The van der Waals surface area contributed by atoms with Gasteiger partial charge in [-0.3, -0.25) is 0 Å². The molecule has 0 aromatic heterocycles. The number of piperidine rings is 1. The lowest BCUT2D eigenvalue weighted by molar-refractivity contribution is -0.0312. The van der Waals surface area contributed by atoms with Crippen molar-refractivity contribution >= 4 is 20.0 Å². The molecule has 2 aliphatic rings. The molecule has 2 aromatic carbocycles. The van der Waals surface area contributed by atoms with E-state index in [0.717, 1.165) is 12.0 Å². The van der Waals surface area contributed by atoms with Crippen LogP contribution in [0, 0.1) is 0 Å². The third kappa shape index (κ3) is 7.29. The van der Waals surface area contributed by atoms with Crippen molar-refractivity contribution in [3.05, 3.63) is 60.2 Å². The highest BCUT2D eigenvalue weighted by molar-refractivity contribution is 7.89. The number of hydrogen-bond acceptors (Lipinski definition) is 8. The smallest absolute Gasteiger partial charge is 0.240 e. The van der Waals surface area contributed by atoms with E-state index in [-0.39, 0.29) is 35.4 Å². The standard InChI is InChI=1S/C25H35N3O7S2/c1-26-37(32,33)24-9-5-8-23(14-24)34-18-22(29)16-27-21-15-25(35-17-21)10-12-28(13-11-25)36(30,31)19-20-6-3-2-4-7-20/h2-9,14,21-22,26-27,29H,10-13,15-19H2,1H3. The van der Waals surface area contributed by atoms with Crippen LogP contribution in [0.2, 0.25) is 0 Å². The molecule has 2 unspecified atom stereocenters. The lowest BCUT2D eigenvalue weighted by Gasteiger charge is -2.38. The summed E-state index contributed by atoms with van der Waals surface area (Å²) in [6.45, 7) is 1.65. The molecule has 1 spiro atoms. The van der Waals surface area contributed by atoms with Crippen LogP contribution in [0.4, 0.5) is 0 Å². The van der Waals surface area contributed by atoms with Crippen LogP contribution in [0.1, 0.15) is 24.8 Å². The summed E-state index contributed by atoms with van der Waals surface area (Å²) in [5.41, 5.74) is 0.430. The minimum Gasteiger partial charge on any atom is -0.491 e. The van der Waals surface area contributed by atoms with Gasteiger partial charge in [0, 0.05) is 31.7 Å². The largest absolute Gasteiger partial charge is 0.491 e. The zero-order valence-corrected chi connectivity index (χ0v) is 22.5. The van der Waals surface area contributed by atoms with Crippen LogP contribution >= 0.6 is 0 Å². The predicted molar refractivity (Wildman–Crippen MR) is 139 cm³/mol. The van der Waals surface area contributed by atoms with Crippen LogP contribution in [0.5, 0.6) is 5.75 Å². The number of hydrogen-bond donors (Lipinski definition) is 3. The molecule has 0 bridgehead atoms. The quantitative estimate of drug-likeness (QED) is 0.376. The molecule has 0 radical (unpaired) electrons. The number of nitrogens with one attached hydrogen (secondary N) is 2. The van der Waals surface area contributed by atoms with Gasteiger partial charge in [0.15, 0.2) is 0 Å². The Balaban J connectivity index is 1.20. The normalized spacial score (nSPS) is 21.2. The Bertz CT molecular complexity index is 1250. The first-order chi connectivity index (χ1) is 17.6. The molecule has 2 atom stereocenters. The molecule has 2 fully saturated rings. The van der Waals surface area contributed by atoms with E-state index in [1.807, 2.05) is 30.3 Å². The Kier molecular flexibility index (Phi) is 8.89. The minimum absolute atomic E-state index is 0.00142. The number of aliphatic hydroxyl groups excluding tert-OH is 1. The van der Waals surface area contributed by atoms with Gasteiger partial charge in [0.2, 0.25) is 20.0 Å². The van der Waals surface area contributed by atoms with Gasteiger partial charge in [0.05, 0.1) is 22.9 Å². The zero-order chi connectivity index (χ0) is 26.5. The second-order valence-electron chi connectivity index (χ2n) is 9.59. The highest BCUT2D eigenvalue weighted by Crippen LogP contribution is 2.37. The number of ether oxygens (including phenoxy) is 2. The summed E-state index contributed by atoms with van der Waals surface area (Å²) in [6, 6.07) is 15.3. The Hall–Kier alpha value is -2.06. The van der Waals surface area contributed by atoms with Crippen molar-refractivity contribution in [3.63, 3.8) is 0 Å². The van der Waals surface area contributed by atoms with E-state index < -0.39 is 26.2 Å². The second-order valence-corrected chi connectivity index (χ2v) is 13.4.